The normalized spacial score (nSPS) is 17.4. The van der Waals surface area contributed by atoms with Crippen molar-refractivity contribution in [1.82, 2.24) is 15.1 Å². The van der Waals surface area contributed by atoms with E-state index in [-0.39, 0.29) is 11.9 Å². The molecule has 1 atom stereocenters. The number of nitrogens with one attached hydrogen (secondary N) is 1. The van der Waals surface area contributed by atoms with Gasteiger partial charge < -0.3 is 5.32 Å². The van der Waals surface area contributed by atoms with Crippen LogP contribution in [-0.2, 0) is 4.79 Å². The van der Waals surface area contributed by atoms with Crippen LogP contribution in [0.4, 0.5) is 0 Å². The lowest BCUT2D eigenvalue weighted by molar-refractivity contribution is -0.123. The van der Waals surface area contributed by atoms with Crippen LogP contribution in [0.2, 0.25) is 0 Å². The van der Waals surface area contributed by atoms with Gasteiger partial charge in [-0.25, -0.2) is 0 Å². The van der Waals surface area contributed by atoms with Crippen LogP contribution in [0, 0.1) is 0 Å². The van der Waals surface area contributed by atoms with Crippen LogP contribution < -0.4 is 5.32 Å². The van der Waals surface area contributed by atoms with E-state index in [1.807, 2.05) is 24.4 Å². The zero-order chi connectivity index (χ0) is 18.2. The summed E-state index contributed by atoms with van der Waals surface area (Å²) in [4.78, 5) is 18.1. The minimum atomic E-state index is 0.0897. The van der Waals surface area contributed by atoms with Crippen LogP contribution in [0.5, 0.6) is 0 Å². The summed E-state index contributed by atoms with van der Waals surface area (Å²) in [5, 5.41) is 5.14. The van der Waals surface area contributed by atoms with Gasteiger partial charge in [-0.1, -0.05) is 48.6 Å². The number of rotatable bonds is 7. The Morgan fingerprint density at radius 1 is 1.12 bits per heavy atom. The number of nitrogens with zero attached hydrogens (tertiary/aromatic N) is 2. The van der Waals surface area contributed by atoms with Crippen LogP contribution in [-0.4, -0.2) is 55.0 Å². The SMILES string of the molecule is C[C@@H](NC(=O)CN1CCN(C/C=C/c2ccccc2)CC1)c1cccs1. The van der Waals surface area contributed by atoms with Crippen LogP contribution in [0.1, 0.15) is 23.4 Å². The van der Waals surface area contributed by atoms with E-state index in [4.69, 9.17) is 0 Å². The fraction of sp³-hybridized carbons (Fsp3) is 0.381. The van der Waals surface area contributed by atoms with Gasteiger partial charge in [-0.3, -0.25) is 14.6 Å². The molecule has 0 aliphatic carbocycles. The fourth-order valence-electron chi connectivity index (χ4n) is 3.13. The lowest BCUT2D eigenvalue weighted by Gasteiger charge is -2.33. The molecule has 1 amide bonds. The number of piperazine rings is 1. The number of thiophene rings is 1. The van der Waals surface area contributed by atoms with E-state index in [1.165, 1.54) is 10.4 Å². The summed E-state index contributed by atoms with van der Waals surface area (Å²) in [6.45, 7) is 7.40. The van der Waals surface area contributed by atoms with Crippen molar-refractivity contribution in [1.29, 1.82) is 0 Å². The third kappa shape index (κ3) is 5.80. The molecular formula is C21H27N3OS. The van der Waals surface area contributed by atoms with Gasteiger partial charge in [0.1, 0.15) is 0 Å². The van der Waals surface area contributed by atoms with Crippen molar-refractivity contribution in [3.63, 3.8) is 0 Å². The van der Waals surface area contributed by atoms with Gasteiger partial charge in [-0.05, 0) is 23.9 Å². The molecule has 2 aromatic rings. The molecule has 1 N–H and O–H groups in total. The number of amides is 1. The molecule has 1 fully saturated rings. The van der Waals surface area contributed by atoms with Crippen molar-refractivity contribution < 1.29 is 4.79 Å². The Bertz CT molecular complexity index is 691. The average Bonchev–Trinajstić information content (AvgIpc) is 3.19. The molecule has 3 rings (SSSR count). The van der Waals surface area contributed by atoms with E-state index in [2.05, 4.69) is 57.6 Å². The summed E-state index contributed by atoms with van der Waals surface area (Å²) in [5.41, 5.74) is 1.24. The van der Waals surface area contributed by atoms with Gasteiger partial charge in [0.05, 0.1) is 12.6 Å². The third-order valence-electron chi connectivity index (χ3n) is 4.65. The van der Waals surface area contributed by atoms with Crippen molar-refractivity contribution in [3.05, 3.63) is 64.4 Å². The summed E-state index contributed by atoms with van der Waals surface area (Å²) in [6, 6.07) is 14.6. The van der Waals surface area contributed by atoms with E-state index in [0.717, 1.165) is 32.7 Å². The van der Waals surface area contributed by atoms with Gasteiger partial charge >= 0.3 is 0 Å². The lowest BCUT2D eigenvalue weighted by atomic mass is 10.2. The second-order valence-corrected chi connectivity index (χ2v) is 7.67. The van der Waals surface area contributed by atoms with Crippen molar-refractivity contribution in [2.24, 2.45) is 0 Å². The standard InChI is InChI=1S/C21H27N3OS/c1-18(20-10-6-16-26-20)22-21(25)17-24-14-12-23(13-15-24)11-5-9-19-7-3-2-4-8-19/h2-10,16,18H,11-15,17H2,1H3,(H,22,25)/b9-5+/t18-/m1/s1. The van der Waals surface area contributed by atoms with Gasteiger partial charge in [-0.2, -0.15) is 0 Å². The summed E-state index contributed by atoms with van der Waals surface area (Å²) < 4.78 is 0. The van der Waals surface area contributed by atoms with E-state index in [0.29, 0.717) is 6.54 Å². The molecule has 4 nitrogen and oxygen atoms in total. The van der Waals surface area contributed by atoms with Crippen LogP contribution >= 0.6 is 11.3 Å². The van der Waals surface area contributed by atoms with Gasteiger partial charge in [0.15, 0.2) is 0 Å². The minimum absolute atomic E-state index is 0.0897. The maximum Gasteiger partial charge on any atom is 0.234 e. The first kappa shape index (κ1) is 18.8. The Kier molecular flexibility index (Phi) is 7.00. The first-order valence-electron chi connectivity index (χ1n) is 9.20. The minimum Gasteiger partial charge on any atom is -0.348 e. The Morgan fingerprint density at radius 3 is 2.54 bits per heavy atom. The summed E-state index contributed by atoms with van der Waals surface area (Å²) in [5.74, 6) is 0.114. The average molecular weight is 370 g/mol. The number of benzene rings is 1. The maximum atomic E-state index is 12.3. The summed E-state index contributed by atoms with van der Waals surface area (Å²) in [7, 11) is 0. The predicted molar refractivity (Wildman–Crippen MR) is 109 cm³/mol. The smallest absolute Gasteiger partial charge is 0.234 e. The van der Waals surface area contributed by atoms with Crippen molar-refractivity contribution in [2.75, 3.05) is 39.3 Å². The van der Waals surface area contributed by atoms with Crippen molar-refractivity contribution >= 4 is 23.3 Å². The molecular weight excluding hydrogens is 342 g/mol. The molecule has 1 saturated heterocycles. The molecule has 2 heterocycles. The second kappa shape index (κ2) is 9.67. The van der Waals surface area contributed by atoms with Gasteiger partial charge in [0.2, 0.25) is 5.91 Å². The van der Waals surface area contributed by atoms with Crippen LogP contribution in [0.15, 0.2) is 53.9 Å². The fourth-order valence-corrected chi connectivity index (χ4v) is 3.87. The highest BCUT2D eigenvalue weighted by atomic mass is 32.1. The van der Waals surface area contributed by atoms with Crippen LogP contribution in [0.3, 0.4) is 0 Å². The van der Waals surface area contributed by atoms with Crippen LogP contribution in [0.25, 0.3) is 6.08 Å². The molecule has 0 radical (unpaired) electrons. The van der Waals surface area contributed by atoms with Crippen molar-refractivity contribution in [3.8, 4) is 0 Å². The molecule has 26 heavy (non-hydrogen) atoms. The predicted octanol–water partition coefficient (Wildman–Crippen LogP) is 3.26. The largest absolute Gasteiger partial charge is 0.348 e. The molecule has 0 bridgehead atoms. The zero-order valence-electron chi connectivity index (χ0n) is 15.3. The second-order valence-electron chi connectivity index (χ2n) is 6.69. The molecule has 1 aromatic carbocycles. The topological polar surface area (TPSA) is 35.6 Å². The first-order valence-corrected chi connectivity index (χ1v) is 10.1. The number of hydrogen-bond donors (Lipinski definition) is 1. The first-order chi connectivity index (χ1) is 12.7. The van der Waals surface area contributed by atoms with Crippen molar-refractivity contribution in [2.45, 2.75) is 13.0 Å². The molecule has 5 heteroatoms. The zero-order valence-corrected chi connectivity index (χ0v) is 16.1. The molecule has 1 aromatic heterocycles. The summed E-state index contributed by atoms with van der Waals surface area (Å²) in [6.07, 6.45) is 4.40. The molecule has 1 aliphatic heterocycles. The molecule has 0 unspecified atom stereocenters. The molecule has 0 saturated carbocycles. The Hall–Kier alpha value is -1.95. The lowest BCUT2D eigenvalue weighted by Crippen LogP contribution is -2.49. The Labute approximate surface area is 160 Å². The van der Waals surface area contributed by atoms with E-state index >= 15 is 0 Å². The van der Waals surface area contributed by atoms with E-state index < -0.39 is 0 Å². The quantitative estimate of drug-likeness (QED) is 0.814. The number of carbonyl (C=O) groups excluding carboxylic acids is 1. The summed E-state index contributed by atoms with van der Waals surface area (Å²) >= 11 is 1.68. The third-order valence-corrected chi connectivity index (χ3v) is 5.71. The van der Waals surface area contributed by atoms with E-state index in [9.17, 15) is 4.79 Å². The van der Waals surface area contributed by atoms with Gasteiger partial charge in [-0.15, -0.1) is 11.3 Å². The van der Waals surface area contributed by atoms with Gasteiger partial charge in [0, 0.05) is 37.6 Å². The highest BCUT2D eigenvalue weighted by Gasteiger charge is 2.19. The molecule has 138 valence electrons. The molecule has 1 aliphatic rings. The number of carbonyl (C=O) groups is 1. The maximum absolute atomic E-state index is 12.3. The van der Waals surface area contributed by atoms with E-state index in [1.54, 1.807) is 11.3 Å². The monoisotopic (exact) mass is 369 g/mol. The Balaban J connectivity index is 1.35. The molecule has 0 spiro atoms. The number of hydrogen-bond acceptors (Lipinski definition) is 4. The highest BCUT2D eigenvalue weighted by Crippen LogP contribution is 2.17. The Morgan fingerprint density at radius 2 is 1.85 bits per heavy atom. The van der Waals surface area contributed by atoms with Gasteiger partial charge in [0.25, 0.3) is 0 Å². The highest BCUT2D eigenvalue weighted by molar-refractivity contribution is 7.10.